The van der Waals surface area contributed by atoms with Gasteiger partial charge in [0.15, 0.2) is 0 Å². The van der Waals surface area contributed by atoms with Gasteiger partial charge in [-0.1, -0.05) is 36.4 Å². The Morgan fingerprint density at radius 3 is 2.42 bits per heavy atom. The summed E-state index contributed by atoms with van der Waals surface area (Å²) < 4.78 is 5.82. The molecule has 136 valence electrons. The SMILES string of the molecule is CC(=O)N1CCCN(C(=O)c2cccc(OCc3ccccc3)c2)CC1. The molecule has 0 spiro atoms. The lowest BCUT2D eigenvalue weighted by molar-refractivity contribution is -0.128. The fourth-order valence-electron chi connectivity index (χ4n) is 3.08. The molecule has 0 N–H and O–H groups in total. The van der Waals surface area contributed by atoms with Crippen LogP contribution in [-0.2, 0) is 11.4 Å². The Labute approximate surface area is 154 Å². The topological polar surface area (TPSA) is 49.9 Å². The summed E-state index contributed by atoms with van der Waals surface area (Å²) in [4.78, 5) is 28.0. The number of nitrogens with zero attached hydrogens (tertiary/aromatic N) is 2. The van der Waals surface area contributed by atoms with Crippen molar-refractivity contribution in [2.45, 2.75) is 20.0 Å². The highest BCUT2D eigenvalue weighted by Crippen LogP contribution is 2.17. The van der Waals surface area contributed by atoms with Crippen LogP contribution in [0.15, 0.2) is 54.6 Å². The molecule has 1 aliphatic rings. The normalized spacial score (nSPS) is 14.7. The molecule has 1 saturated heterocycles. The van der Waals surface area contributed by atoms with Gasteiger partial charge < -0.3 is 14.5 Å². The second-order valence-corrected chi connectivity index (χ2v) is 6.45. The third-order valence-corrected chi connectivity index (χ3v) is 4.56. The van der Waals surface area contributed by atoms with Gasteiger partial charge in [-0.15, -0.1) is 0 Å². The van der Waals surface area contributed by atoms with E-state index in [0.29, 0.717) is 44.1 Å². The molecule has 0 aliphatic carbocycles. The quantitative estimate of drug-likeness (QED) is 0.850. The number of carbonyl (C=O) groups excluding carboxylic acids is 2. The number of ether oxygens (including phenoxy) is 1. The maximum absolute atomic E-state index is 12.8. The zero-order valence-corrected chi connectivity index (χ0v) is 15.1. The Balaban J connectivity index is 1.63. The van der Waals surface area contributed by atoms with E-state index in [9.17, 15) is 9.59 Å². The number of benzene rings is 2. The number of amides is 2. The average Bonchev–Trinajstić information content (AvgIpc) is 2.93. The van der Waals surface area contributed by atoms with E-state index in [2.05, 4.69) is 0 Å². The van der Waals surface area contributed by atoms with Crippen molar-refractivity contribution in [2.24, 2.45) is 0 Å². The van der Waals surface area contributed by atoms with E-state index in [4.69, 9.17) is 4.74 Å². The van der Waals surface area contributed by atoms with Crippen LogP contribution in [0.3, 0.4) is 0 Å². The van der Waals surface area contributed by atoms with Crippen LogP contribution < -0.4 is 4.74 Å². The lowest BCUT2D eigenvalue weighted by Crippen LogP contribution is -2.36. The van der Waals surface area contributed by atoms with Gasteiger partial charge in [0.25, 0.3) is 5.91 Å². The third kappa shape index (κ3) is 4.63. The van der Waals surface area contributed by atoms with Crippen LogP contribution in [0, 0.1) is 0 Å². The summed E-state index contributed by atoms with van der Waals surface area (Å²) in [6.07, 6.45) is 0.801. The van der Waals surface area contributed by atoms with Gasteiger partial charge in [0, 0.05) is 38.7 Å². The van der Waals surface area contributed by atoms with Crippen molar-refractivity contribution in [3.05, 3.63) is 65.7 Å². The minimum absolute atomic E-state index is 0.0134. The number of carbonyl (C=O) groups is 2. The largest absolute Gasteiger partial charge is 0.489 e. The molecule has 0 saturated carbocycles. The highest BCUT2D eigenvalue weighted by Gasteiger charge is 2.21. The molecule has 26 heavy (non-hydrogen) atoms. The van der Waals surface area contributed by atoms with E-state index in [0.717, 1.165) is 12.0 Å². The molecule has 0 radical (unpaired) electrons. The fourth-order valence-corrected chi connectivity index (χ4v) is 3.08. The maximum atomic E-state index is 12.8. The van der Waals surface area contributed by atoms with Crippen molar-refractivity contribution in [3.8, 4) is 5.75 Å². The first kappa shape index (κ1) is 18.0. The van der Waals surface area contributed by atoms with Crippen LogP contribution in [0.1, 0.15) is 29.3 Å². The molecule has 5 heteroatoms. The summed E-state index contributed by atoms with van der Waals surface area (Å²) in [6, 6.07) is 17.2. The molecule has 2 aromatic rings. The standard InChI is InChI=1S/C21H24N2O3/c1-17(24)22-11-6-12-23(14-13-22)21(25)19-9-5-10-20(15-19)26-16-18-7-3-2-4-8-18/h2-5,7-10,15H,6,11-14,16H2,1H3. The first-order valence-corrected chi connectivity index (χ1v) is 8.95. The first-order valence-electron chi connectivity index (χ1n) is 8.95. The van der Waals surface area contributed by atoms with Gasteiger partial charge in [-0.3, -0.25) is 9.59 Å². The second-order valence-electron chi connectivity index (χ2n) is 6.45. The molecule has 2 amide bonds. The lowest BCUT2D eigenvalue weighted by Gasteiger charge is -2.21. The van der Waals surface area contributed by atoms with Gasteiger partial charge in [-0.2, -0.15) is 0 Å². The number of rotatable bonds is 4. The van der Waals surface area contributed by atoms with Crippen molar-refractivity contribution in [1.82, 2.24) is 9.80 Å². The molecule has 0 aromatic heterocycles. The summed E-state index contributed by atoms with van der Waals surface area (Å²) in [5.41, 5.74) is 1.70. The van der Waals surface area contributed by atoms with Gasteiger partial charge in [-0.05, 0) is 30.2 Å². The van der Waals surface area contributed by atoms with E-state index in [1.807, 2.05) is 53.4 Å². The van der Waals surface area contributed by atoms with Gasteiger partial charge in [-0.25, -0.2) is 0 Å². The van der Waals surface area contributed by atoms with Crippen molar-refractivity contribution in [1.29, 1.82) is 0 Å². The van der Waals surface area contributed by atoms with Crippen LogP contribution in [0.2, 0.25) is 0 Å². The van der Waals surface area contributed by atoms with Crippen LogP contribution >= 0.6 is 0 Å². The summed E-state index contributed by atoms with van der Waals surface area (Å²) in [7, 11) is 0. The van der Waals surface area contributed by atoms with Crippen LogP contribution in [0.25, 0.3) is 0 Å². The molecule has 0 unspecified atom stereocenters. The Morgan fingerprint density at radius 2 is 1.65 bits per heavy atom. The van der Waals surface area contributed by atoms with Crippen molar-refractivity contribution >= 4 is 11.8 Å². The predicted octanol–water partition coefficient (Wildman–Crippen LogP) is 2.96. The highest BCUT2D eigenvalue weighted by atomic mass is 16.5. The Bertz CT molecular complexity index is 761. The molecule has 0 bridgehead atoms. The monoisotopic (exact) mass is 352 g/mol. The summed E-state index contributed by atoms with van der Waals surface area (Å²) in [5, 5.41) is 0. The molecular weight excluding hydrogens is 328 g/mol. The lowest BCUT2D eigenvalue weighted by atomic mass is 10.2. The Morgan fingerprint density at radius 1 is 0.923 bits per heavy atom. The zero-order chi connectivity index (χ0) is 18.4. The fraction of sp³-hybridized carbons (Fsp3) is 0.333. The molecule has 3 rings (SSSR count). The van der Waals surface area contributed by atoms with E-state index >= 15 is 0 Å². The Kier molecular flexibility index (Phi) is 5.89. The molecular formula is C21H24N2O3. The molecule has 1 heterocycles. The third-order valence-electron chi connectivity index (χ3n) is 4.56. The summed E-state index contributed by atoms with van der Waals surface area (Å²) in [6.45, 7) is 4.57. The van der Waals surface area contributed by atoms with Crippen LogP contribution in [-0.4, -0.2) is 47.8 Å². The van der Waals surface area contributed by atoms with Crippen molar-refractivity contribution < 1.29 is 14.3 Å². The van der Waals surface area contributed by atoms with Crippen molar-refractivity contribution in [2.75, 3.05) is 26.2 Å². The van der Waals surface area contributed by atoms with Crippen LogP contribution in [0.5, 0.6) is 5.75 Å². The first-order chi connectivity index (χ1) is 12.6. The summed E-state index contributed by atoms with van der Waals surface area (Å²) in [5.74, 6) is 0.732. The smallest absolute Gasteiger partial charge is 0.254 e. The number of hydrogen-bond acceptors (Lipinski definition) is 3. The van der Waals surface area contributed by atoms with E-state index in [1.165, 1.54) is 0 Å². The minimum Gasteiger partial charge on any atom is -0.489 e. The highest BCUT2D eigenvalue weighted by molar-refractivity contribution is 5.94. The van der Waals surface area contributed by atoms with Gasteiger partial charge in [0.05, 0.1) is 0 Å². The Hall–Kier alpha value is -2.82. The van der Waals surface area contributed by atoms with E-state index in [1.54, 1.807) is 17.9 Å². The zero-order valence-electron chi connectivity index (χ0n) is 15.1. The summed E-state index contributed by atoms with van der Waals surface area (Å²) >= 11 is 0. The van der Waals surface area contributed by atoms with Crippen molar-refractivity contribution in [3.63, 3.8) is 0 Å². The maximum Gasteiger partial charge on any atom is 0.254 e. The average molecular weight is 352 g/mol. The minimum atomic E-state index is -0.0134. The van der Waals surface area contributed by atoms with E-state index < -0.39 is 0 Å². The van der Waals surface area contributed by atoms with Gasteiger partial charge in [0.2, 0.25) is 5.91 Å². The molecule has 0 atom stereocenters. The predicted molar refractivity (Wildman–Crippen MR) is 100.0 cm³/mol. The molecule has 1 aliphatic heterocycles. The molecule has 1 fully saturated rings. The van der Waals surface area contributed by atoms with Gasteiger partial charge in [0.1, 0.15) is 12.4 Å². The van der Waals surface area contributed by atoms with E-state index in [-0.39, 0.29) is 11.8 Å². The number of hydrogen-bond donors (Lipinski definition) is 0. The second kappa shape index (κ2) is 8.52. The van der Waals surface area contributed by atoms with Crippen LogP contribution in [0.4, 0.5) is 0 Å². The molecule has 5 nitrogen and oxygen atoms in total. The van der Waals surface area contributed by atoms with Gasteiger partial charge >= 0.3 is 0 Å². The molecule has 2 aromatic carbocycles.